The van der Waals surface area contributed by atoms with E-state index in [2.05, 4.69) is 10.4 Å². The summed E-state index contributed by atoms with van der Waals surface area (Å²) < 4.78 is 7.52. The molecule has 5 nitrogen and oxygen atoms in total. The van der Waals surface area contributed by atoms with Crippen molar-refractivity contribution in [2.45, 2.75) is 33.9 Å². The van der Waals surface area contributed by atoms with Gasteiger partial charge in [0, 0.05) is 12.2 Å². The van der Waals surface area contributed by atoms with Crippen LogP contribution in [0.1, 0.15) is 38.8 Å². The highest BCUT2D eigenvalue weighted by molar-refractivity contribution is 5.91. The Kier molecular flexibility index (Phi) is 4.51. The second kappa shape index (κ2) is 6.74. The number of furan rings is 1. The van der Waals surface area contributed by atoms with Crippen molar-refractivity contribution in [2.75, 3.05) is 0 Å². The van der Waals surface area contributed by atoms with Gasteiger partial charge in [0.1, 0.15) is 5.76 Å². The first kappa shape index (κ1) is 16.1. The van der Waals surface area contributed by atoms with Crippen LogP contribution < -0.4 is 5.32 Å². The third-order valence-electron chi connectivity index (χ3n) is 4.00. The first-order valence-electron chi connectivity index (χ1n) is 7.95. The molecule has 5 heteroatoms. The lowest BCUT2D eigenvalue weighted by Gasteiger charge is -2.06. The van der Waals surface area contributed by atoms with E-state index in [0.717, 1.165) is 22.5 Å². The van der Waals surface area contributed by atoms with Gasteiger partial charge in [-0.05, 0) is 50.1 Å². The molecule has 0 aliphatic carbocycles. The van der Waals surface area contributed by atoms with Gasteiger partial charge in [0.25, 0.3) is 5.91 Å². The monoisotopic (exact) mass is 323 g/mol. The smallest absolute Gasteiger partial charge is 0.287 e. The van der Waals surface area contributed by atoms with Crippen molar-refractivity contribution in [3.63, 3.8) is 0 Å². The first-order chi connectivity index (χ1) is 11.5. The molecule has 0 aliphatic heterocycles. The summed E-state index contributed by atoms with van der Waals surface area (Å²) in [6, 6.07) is 13.5. The third-order valence-corrected chi connectivity index (χ3v) is 4.00. The van der Waals surface area contributed by atoms with E-state index in [0.29, 0.717) is 24.6 Å². The molecule has 0 atom stereocenters. The van der Waals surface area contributed by atoms with Crippen LogP contribution in [0.15, 0.2) is 46.9 Å². The zero-order valence-electron chi connectivity index (χ0n) is 14.2. The van der Waals surface area contributed by atoms with Gasteiger partial charge in [0.15, 0.2) is 5.76 Å². The minimum Gasteiger partial charge on any atom is -0.454 e. The molecule has 0 bridgehead atoms. The second-order valence-electron chi connectivity index (χ2n) is 5.96. The van der Waals surface area contributed by atoms with Gasteiger partial charge in [-0.1, -0.05) is 24.3 Å². The molecular formula is C19H21N3O2. The third kappa shape index (κ3) is 3.56. The number of nitrogens with zero attached hydrogens (tertiary/aromatic N) is 2. The van der Waals surface area contributed by atoms with Gasteiger partial charge >= 0.3 is 0 Å². The maximum absolute atomic E-state index is 12.2. The van der Waals surface area contributed by atoms with Crippen molar-refractivity contribution in [2.24, 2.45) is 0 Å². The highest BCUT2D eigenvalue weighted by Crippen LogP contribution is 2.12. The zero-order valence-corrected chi connectivity index (χ0v) is 14.2. The number of amides is 1. The quantitative estimate of drug-likeness (QED) is 0.783. The summed E-state index contributed by atoms with van der Waals surface area (Å²) in [7, 11) is 0. The lowest BCUT2D eigenvalue weighted by atomic mass is 10.1. The van der Waals surface area contributed by atoms with Crippen LogP contribution in [0.2, 0.25) is 0 Å². The van der Waals surface area contributed by atoms with Gasteiger partial charge in [0.05, 0.1) is 12.2 Å². The Morgan fingerprint density at radius 1 is 1.17 bits per heavy atom. The summed E-state index contributed by atoms with van der Waals surface area (Å²) in [6.45, 7) is 6.99. The largest absolute Gasteiger partial charge is 0.454 e. The normalized spacial score (nSPS) is 10.8. The Morgan fingerprint density at radius 3 is 2.67 bits per heavy atom. The van der Waals surface area contributed by atoms with E-state index >= 15 is 0 Å². The van der Waals surface area contributed by atoms with Crippen molar-refractivity contribution < 1.29 is 9.21 Å². The second-order valence-corrected chi connectivity index (χ2v) is 5.96. The average molecular weight is 323 g/mol. The maximum Gasteiger partial charge on any atom is 0.287 e. The van der Waals surface area contributed by atoms with Crippen LogP contribution in [0.3, 0.4) is 0 Å². The number of nitrogens with one attached hydrogen (secondary N) is 1. The van der Waals surface area contributed by atoms with Crippen molar-refractivity contribution in [3.8, 4) is 0 Å². The maximum atomic E-state index is 12.2. The topological polar surface area (TPSA) is 60.1 Å². The molecule has 0 unspecified atom stereocenters. The number of benzene rings is 1. The molecule has 0 radical (unpaired) electrons. The van der Waals surface area contributed by atoms with Gasteiger partial charge in [-0.15, -0.1) is 0 Å². The van der Waals surface area contributed by atoms with E-state index in [1.807, 2.05) is 61.9 Å². The van der Waals surface area contributed by atoms with E-state index in [4.69, 9.17) is 4.42 Å². The van der Waals surface area contributed by atoms with Gasteiger partial charge < -0.3 is 9.73 Å². The molecule has 0 saturated heterocycles. The van der Waals surface area contributed by atoms with Crippen LogP contribution in [-0.4, -0.2) is 15.7 Å². The van der Waals surface area contributed by atoms with E-state index < -0.39 is 0 Å². The molecule has 0 fully saturated rings. The molecule has 0 saturated carbocycles. The number of carbonyl (C=O) groups excluding carboxylic acids is 1. The number of hydrogen-bond acceptors (Lipinski definition) is 3. The molecular weight excluding hydrogens is 302 g/mol. The molecule has 0 spiro atoms. The molecule has 2 heterocycles. The Balaban J connectivity index is 1.63. The summed E-state index contributed by atoms with van der Waals surface area (Å²) >= 11 is 0. The number of carbonyl (C=O) groups is 1. The van der Waals surface area contributed by atoms with Crippen LogP contribution >= 0.6 is 0 Å². The molecule has 1 N–H and O–H groups in total. The minimum atomic E-state index is -0.210. The van der Waals surface area contributed by atoms with Crippen LogP contribution in [0.5, 0.6) is 0 Å². The first-order valence-corrected chi connectivity index (χ1v) is 7.95. The molecule has 24 heavy (non-hydrogen) atoms. The Labute approximate surface area is 141 Å². The van der Waals surface area contributed by atoms with Crippen molar-refractivity contribution >= 4 is 5.91 Å². The highest BCUT2D eigenvalue weighted by Gasteiger charge is 2.12. The lowest BCUT2D eigenvalue weighted by molar-refractivity contribution is 0.0921. The Hall–Kier alpha value is -2.82. The molecule has 1 amide bonds. The van der Waals surface area contributed by atoms with Crippen molar-refractivity contribution in [1.29, 1.82) is 0 Å². The van der Waals surface area contributed by atoms with E-state index in [9.17, 15) is 4.79 Å². The van der Waals surface area contributed by atoms with E-state index in [1.54, 1.807) is 6.07 Å². The van der Waals surface area contributed by atoms with Gasteiger partial charge in [-0.25, -0.2) is 0 Å². The van der Waals surface area contributed by atoms with Crippen LogP contribution in [0.4, 0.5) is 0 Å². The van der Waals surface area contributed by atoms with E-state index in [-0.39, 0.29) is 5.91 Å². The fraction of sp³-hybridized carbons (Fsp3) is 0.263. The van der Waals surface area contributed by atoms with Crippen LogP contribution in [0, 0.1) is 20.8 Å². The molecule has 124 valence electrons. The standard InChI is InChI=1S/C19H21N3O2/c1-13-6-4-5-7-16(13)11-20-19(23)18-9-8-17(24-18)12-22-15(3)10-14(2)21-22/h4-10H,11-12H2,1-3H3,(H,20,23). The molecule has 3 rings (SSSR count). The summed E-state index contributed by atoms with van der Waals surface area (Å²) in [6.07, 6.45) is 0. The van der Waals surface area contributed by atoms with Crippen molar-refractivity contribution in [1.82, 2.24) is 15.1 Å². The summed E-state index contributed by atoms with van der Waals surface area (Å²) in [5, 5.41) is 7.30. The predicted molar refractivity (Wildman–Crippen MR) is 91.9 cm³/mol. The summed E-state index contributed by atoms with van der Waals surface area (Å²) in [5.41, 5.74) is 4.28. The fourth-order valence-electron chi connectivity index (χ4n) is 2.64. The summed E-state index contributed by atoms with van der Waals surface area (Å²) in [4.78, 5) is 12.2. The Morgan fingerprint density at radius 2 is 1.96 bits per heavy atom. The number of aryl methyl sites for hydroxylation is 3. The van der Waals surface area contributed by atoms with Gasteiger partial charge in [-0.2, -0.15) is 5.10 Å². The Bertz CT molecular complexity index is 861. The molecule has 2 aromatic heterocycles. The minimum absolute atomic E-state index is 0.210. The van der Waals surface area contributed by atoms with Crippen LogP contribution in [0.25, 0.3) is 0 Å². The molecule has 1 aromatic carbocycles. The van der Waals surface area contributed by atoms with Gasteiger partial charge in [0.2, 0.25) is 0 Å². The fourth-order valence-corrected chi connectivity index (χ4v) is 2.64. The predicted octanol–water partition coefficient (Wildman–Crippen LogP) is 3.38. The average Bonchev–Trinajstić information content (AvgIpc) is 3.13. The van der Waals surface area contributed by atoms with Crippen LogP contribution in [-0.2, 0) is 13.1 Å². The SMILES string of the molecule is Cc1cc(C)n(Cc2ccc(C(=O)NCc3ccccc3C)o2)n1. The molecule has 3 aromatic rings. The number of rotatable bonds is 5. The van der Waals surface area contributed by atoms with Gasteiger partial charge in [-0.3, -0.25) is 9.48 Å². The highest BCUT2D eigenvalue weighted by atomic mass is 16.4. The lowest BCUT2D eigenvalue weighted by Crippen LogP contribution is -2.22. The number of hydrogen-bond donors (Lipinski definition) is 1. The number of aromatic nitrogens is 2. The van der Waals surface area contributed by atoms with Crippen molar-refractivity contribution in [3.05, 3.63) is 76.5 Å². The van der Waals surface area contributed by atoms with E-state index in [1.165, 1.54) is 0 Å². The molecule has 0 aliphatic rings. The summed E-state index contributed by atoms with van der Waals surface area (Å²) in [5.74, 6) is 0.820. The zero-order chi connectivity index (χ0) is 17.1.